The molecule has 0 aliphatic carbocycles. The molecule has 1 aromatic carbocycles. The second-order valence-electron chi connectivity index (χ2n) is 3.61. The van der Waals surface area contributed by atoms with Crippen LogP contribution in [0.4, 0.5) is 0 Å². The fourth-order valence-corrected chi connectivity index (χ4v) is 1.35. The first-order valence-corrected chi connectivity index (χ1v) is 4.73. The van der Waals surface area contributed by atoms with E-state index in [1.807, 2.05) is 25.1 Å². The highest BCUT2D eigenvalue weighted by Crippen LogP contribution is 2.18. The van der Waals surface area contributed by atoms with Crippen LogP contribution in [-0.2, 0) is 4.79 Å². The van der Waals surface area contributed by atoms with E-state index in [9.17, 15) is 9.90 Å². The molecule has 82 valence electrons. The number of rotatable bonds is 4. The fourth-order valence-electron chi connectivity index (χ4n) is 1.35. The van der Waals surface area contributed by atoms with Gasteiger partial charge in [-0.1, -0.05) is 29.8 Å². The molecule has 4 N–H and O–H groups in total. The van der Waals surface area contributed by atoms with Gasteiger partial charge < -0.3 is 15.9 Å². The van der Waals surface area contributed by atoms with Crippen LogP contribution in [0.15, 0.2) is 24.3 Å². The summed E-state index contributed by atoms with van der Waals surface area (Å²) in [7, 11) is 0. The molecule has 0 aliphatic heterocycles. The maximum atomic E-state index is 10.5. The third-order valence-electron chi connectivity index (χ3n) is 2.22. The molecule has 0 saturated carbocycles. The van der Waals surface area contributed by atoms with E-state index in [0.717, 1.165) is 5.56 Å². The van der Waals surface area contributed by atoms with Gasteiger partial charge in [0.15, 0.2) is 0 Å². The van der Waals surface area contributed by atoms with Crippen molar-refractivity contribution in [3.05, 3.63) is 35.4 Å². The summed E-state index contributed by atoms with van der Waals surface area (Å²) in [5.74, 6) is -1.10. The Hall–Kier alpha value is -1.39. The molecule has 15 heavy (non-hydrogen) atoms. The zero-order valence-electron chi connectivity index (χ0n) is 8.55. The molecule has 0 amide bonds. The second-order valence-corrected chi connectivity index (χ2v) is 3.61. The van der Waals surface area contributed by atoms with Crippen molar-refractivity contribution in [1.82, 2.24) is 0 Å². The molecule has 1 rings (SSSR count). The molecular weight excluding hydrogens is 194 g/mol. The molecule has 2 unspecified atom stereocenters. The summed E-state index contributed by atoms with van der Waals surface area (Å²) in [6, 6.07) is 6.28. The first kappa shape index (κ1) is 11.7. The molecule has 0 aliphatic rings. The monoisotopic (exact) mass is 209 g/mol. The maximum Gasteiger partial charge on any atom is 0.320 e. The average Bonchev–Trinajstić information content (AvgIpc) is 2.17. The zero-order valence-corrected chi connectivity index (χ0v) is 8.55. The predicted molar refractivity (Wildman–Crippen MR) is 56.4 cm³/mol. The van der Waals surface area contributed by atoms with Crippen LogP contribution in [0.1, 0.15) is 23.7 Å². The Labute approximate surface area is 88.3 Å². The molecule has 0 aromatic heterocycles. The number of aliphatic hydroxyl groups excluding tert-OH is 1. The van der Waals surface area contributed by atoms with Gasteiger partial charge in [0.1, 0.15) is 6.04 Å². The maximum absolute atomic E-state index is 10.5. The van der Waals surface area contributed by atoms with Crippen LogP contribution in [-0.4, -0.2) is 22.2 Å². The second kappa shape index (κ2) is 4.91. The van der Waals surface area contributed by atoms with Crippen molar-refractivity contribution in [3.8, 4) is 0 Å². The lowest BCUT2D eigenvalue weighted by Crippen LogP contribution is -2.31. The Morgan fingerprint density at radius 3 is 2.73 bits per heavy atom. The first-order chi connectivity index (χ1) is 7.00. The largest absolute Gasteiger partial charge is 0.480 e. The fraction of sp³-hybridized carbons (Fsp3) is 0.364. The van der Waals surface area contributed by atoms with Crippen molar-refractivity contribution in [2.75, 3.05) is 0 Å². The van der Waals surface area contributed by atoms with Gasteiger partial charge in [0.2, 0.25) is 0 Å². The van der Waals surface area contributed by atoms with Gasteiger partial charge in [-0.25, -0.2) is 0 Å². The molecule has 0 bridgehead atoms. The van der Waals surface area contributed by atoms with Gasteiger partial charge in [-0.15, -0.1) is 0 Å². The molecule has 0 fully saturated rings. The topological polar surface area (TPSA) is 83.5 Å². The predicted octanol–water partition coefficient (Wildman–Crippen LogP) is 0.830. The number of hydrogen-bond donors (Lipinski definition) is 3. The summed E-state index contributed by atoms with van der Waals surface area (Å²) < 4.78 is 0. The Kier molecular flexibility index (Phi) is 3.82. The van der Waals surface area contributed by atoms with Crippen LogP contribution in [0.5, 0.6) is 0 Å². The number of aliphatic carboxylic acids is 1. The lowest BCUT2D eigenvalue weighted by Gasteiger charge is -2.14. The van der Waals surface area contributed by atoms with E-state index in [1.54, 1.807) is 6.07 Å². The molecule has 0 heterocycles. The van der Waals surface area contributed by atoms with Crippen molar-refractivity contribution in [3.63, 3.8) is 0 Å². The molecule has 0 saturated heterocycles. The number of carbonyl (C=O) groups is 1. The van der Waals surface area contributed by atoms with Crippen LogP contribution in [0.3, 0.4) is 0 Å². The third kappa shape index (κ3) is 3.34. The van der Waals surface area contributed by atoms with E-state index in [4.69, 9.17) is 10.8 Å². The zero-order chi connectivity index (χ0) is 11.4. The van der Waals surface area contributed by atoms with Crippen LogP contribution in [0, 0.1) is 6.92 Å². The van der Waals surface area contributed by atoms with Gasteiger partial charge in [-0.2, -0.15) is 0 Å². The molecule has 0 spiro atoms. The summed E-state index contributed by atoms with van der Waals surface area (Å²) in [5, 5.41) is 18.3. The first-order valence-electron chi connectivity index (χ1n) is 4.73. The van der Waals surface area contributed by atoms with E-state index >= 15 is 0 Å². The number of aliphatic hydroxyl groups is 1. The lowest BCUT2D eigenvalue weighted by molar-refractivity contribution is -0.139. The third-order valence-corrected chi connectivity index (χ3v) is 2.22. The van der Waals surface area contributed by atoms with Gasteiger partial charge in [-0.3, -0.25) is 4.79 Å². The molecule has 0 radical (unpaired) electrons. The summed E-state index contributed by atoms with van der Waals surface area (Å²) in [4.78, 5) is 10.5. The average molecular weight is 209 g/mol. The van der Waals surface area contributed by atoms with E-state index in [0.29, 0.717) is 5.56 Å². The number of carboxylic acids is 1. The van der Waals surface area contributed by atoms with Crippen molar-refractivity contribution >= 4 is 5.97 Å². The highest BCUT2D eigenvalue weighted by Gasteiger charge is 2.17. The summed E-state index contributed by atoms with van der Waals surface area (Å²) in [5.41, 5.74) is 7.06. The molecule has 1 aromatic rings. The standard InChI is InChI=1S/C11H15NO3/c1-7-3-2-4-8(5-7)10(13)6-9(12)11(14)15/h2-5,9-10,13H,6,12H2,1H3,(H,14,15). The van der Waals surface area contributed by atoms with E-state index in [1.165, 1.54) is 0 Å². The SMILES string of the molecule is Cc1cccc(C(O)CC(N)C(=O)O)c1. The van der Waals surface area contributed by atoms with Crippen LogP contribution < -0.4 is 5.73 Å². The Balaban J connectivity index is 2.68. The number of nitrogens with two attached hydrogens (primary N) is 1. The normalized spacial score (nSPS) is 14.6. The molecule has 4 nitrogen and oxygen atoms in total. The van der Waals surface area contributed by atoms with Gasteiger partial charge >= 0.3 is 5.97 Å². The highest BCUT2D eigenvalue weighted by atomic mass is 16.4. The smallest absolute Gasteiger partial charge is 0.320 e. The number of aryl methyl sites for hydroxylation is 1. The number of carboxylic acid groups (broad SMARTS) is 1. The van der Waals surface area contributed by atoms with Gasteiger partial charge in [-0.05, 0) is 12.5 Å². The molecule has 2 atom stereocenters. The van der Waals surface area contributed by atoms with E-state index < -0.39 is 18.1 Å². The minimum absolute atomic E-state index is 0.0266. The minimum atomic E-state index is -1.10. The Morgan fingerprint density at radius 1 is 1.53 bits per heavy atom. The van der Waals surface area contributed by atoms with Gasteiger partial charge in [0, 0.05) is 6.42 Å². The highest BCUT2D eigenvalue weighted by molar-refractivity contribution is 5.73. The van der Waals surface area contributed by atoms with Gasteiger partial charge in [0.25, 0.3) is 0 Å². The summed E-state index contributed by atoms with van der Waals surface area (Å²) >= 11 is 0. The van der Waals surface area contributed by atoms with Crippen molar-refractivity contribution in [2.24, 2.45) is 5.73 Å². The Morgan fingerprint density at radius 2 is 2.20 bits per heavy atom. The van der Waals surface area contributed by atoms with Crippen molar-refractivity contribution in [2.45, 2.75) is 25.5 Å². The minimum Gasteiger partial charge on any atom is -0.480 e. The summed E-state index contributed by atoms with van der Waals surface area (Å²) in [6.07, 6.45) is -0.797. The van der Waals surface area contributed by atoms with Crippen molar-refractivity contribution in [1.29, 1.82) is 0 Å². The number of hydrogen-bond acceptors (Lipinski definition) is 3. The lowest BCUT2D eigenvalue weighted by atomic mass is 10.0. The van der Waals surface area contributed by atoms with E-state index in [2.05, 4.69) is 0 Å². The number of benzene rings is 1. The van der Waals surface area contributed by atoms with E-state index in [-0.39, 0.29) is 6.42 Å². The quantitative estimate of drug-likeness (QED) is 0.685. The van der Waals surface area contributed by atoms with Crippen LogP contribution >= 0.6 is 0 Å². The molecule has 4 heteroatoms. The van der Waals surface area contributed by atoms with Crippen LogP contribution in [0.2, 0.25) is 0 Å². The van der Waals surface area contributed by atoms with Crippen molar-refractivity contribution < 1.29 is 15.0 Å². The van der Waals surface area contributed by atoms with Crippen LogP contribution in [0.25, 0.3) is 0 Å². The molecular formula is C11H15NO3. The summed E-state index contributed by atoms with van der Waals surface area (Å²) in [6.45, 7) is 1.91. The van der Waals surface area contributed by atoms with Gasteiger partial charge in [0.05, 0.1) is 6.10 Å². The Bertz CT molecular complexity index is 351.